The summed E-state index contributed by atoms with van der Waals surface area (Å²) in [5, 5.41) is 0.818. The Morgan fingerprint density at radius 3 is 3.08 bits per heavy atom. The van der Waals surface area contributed by atoms with E-state index in [1.807, 2.05) is 0 Å². The first kappa shape index (κ1) is 7.49. The van der Waals surface area contributed by atoms with E-state index in [0.29, 0.717) is 0 Å². The van der Waals surface area contributed by atoms with Crippen molar-refractivity contribution in [2.45, 2.75) is 0 Å². The van der Waals surface area contributed by atoms with Gasteiger partial charge >= 0.3 is 0 Å². The second-order valence-electron chi connectivity index (χ2n) is 2.35. The van der Waals surface area contributed by atoms with Crippen LogP contribution in [-0.4, -0.2) is 11.5 Å². The Balaban J connectivity index is 2.73. The molecule has 0 unspecified atom stereocenters. The van der Waals surface area contributed by atoms with E-state index in [9.17, 15) is 4.39 Å². The van der Waals surface area contributed by atoms with E-state index in [1.165, 1.54) is 24.7 Å². The Hall–Kier alpha value is -1.16. The van der Waals surface area contributed by atoms with Gasteiger partial charge in [0.25, 0.3) is 0 Å². The summed E-state index contributed by atoms with van der Waals surface area (Å²) in [6, 6.07) is 3.08. The largest absolute Gasteiger partial charge is 0.494 e. The van der Waals surface area contributed by atoms with Crippen LogP contribution >= 0.6 is 11.5 Å². The van der Waals surface area contributed by atoms with E-state index in [2.05, 4.69) is 4.37 Å². The molecule has 0 saturated carbocycles. The summed E-state index contributed by atoms with van der Waals surface area (Å²) in [4.78, 5) is 0. The molecule has 0 amide bonds. The maximum absolute atomic E-state index is 13.0. The van der Waals surface area contributed by atoms with Gasteiger partial charge in [-0.15, -0.1) is 0 Å². The summed E-state index contributed by atoms with van der Waals surface area (Å²) in [6.07, 6.45) is 1.64. The summed E-state index contributed by atoms with van der Waals surface area (Å²) in [7, 11) is 1.45. The molecule has 4 heteroatoms. The van der Waals surface area contributed by atoms with Crippen molar-refractivity contribution >= 4 is 21.6 Å². The van der Waals surface area contributed by atoms with Gasteiger partial charge in [-0.25, -0.2) is 4.39 Å². The second-order valence-corrected chi connectivity index (χ2v) is 3.18. The normalized spacial score (nSPS) is 10.5. The van der Waals surface area contributed by atoms with Crippen LogP contribution in [0.15, 0.2) is 18.3 Å². The molecule has 0 aliphatic heterocycles. The Morgan fingerprint density at radius 2 is 2.33 bits per heavy atom. The minimum Gasteiger partial charge on any atom is -0.494 e. The zero-order valence-corrected chi connectivity index (χ0v) is 7.19. The average molecular weight is 183 g/mol. The monoisotopic (exact) mass is 183 g/mol. The van der Waals surface area contributed by atoms with Gasteiger partial charge in [0.05, 0.1) is 11.8 Å². The molecule has 1 aromatic carbocycles. The zero-order chi connectivity index (χ0) is 8.55. The van der Waals surface area contributed by atoms with Crippen molar-refractivity contribution in [2.24, 2.45) is 0 Å². The molecule has 12 heavy (non-hydrogen) atoms. The number of rotatable bonds is 1. The molecule has 2 nitrogen and oxygen atoms in total. The van der Waals surface area contributed by atoms with E-state index in [1.54, 1.807) is 12.3 Å². The lowest BCUT2D eigenvalue weighted by molar-refractivity contribution is 0.387. The highest BCUT2D eigenvalue weighted by atomic mass is 32.1. The standard InChI is InChI=1S/C8H6FNOS/c1-11-7-3-8-5(2-6(7)9)4-10-12-8/h2-4H,1H3. The number of hydrogen-bond acceptors (Lipinski definition) is 3. The molecule has 0 radical (unpaired) electrons. The molecular weight excluding hydrogens is 177 g/mol. The predicted octanol–water partition coefficient (Wildman–Crippen LogP) is 2.44. The quantitative estimate of drug-likeness (QED) is 0.677. The van der Waals surface area contributed by atoms with Crippen LogP contribution < -0.4 is 4.74 Å². The number of fused-ring (bicyclic) bond motifs is 1. The SMILES string of the molecule is COc1cc2sncc2cc1F. The van der Waals surface area contributed by atoms with E-state index in [4.69, 9.17) is 4.74 Å². The van der Waals surface area contributed by atoms with Crippen LogP contribution in [0, 0.1) is 5.82 Å². The molecule has 0 N–H and O–H groups in total. The minimum atomic E-state index is -0.342. The van der Waals surface area contributed by atoms with Crippen molar-refractivity contribution in [3.8, 4) is 5.75 Å². The second kappa shape index (κ2) is 2.71. The van der Waals surface area contributed by atoms with Crippen molar-refractivity contribution in [1.82, 2.24) is 4.37 Å². The van der Waals surface area contributed by atoms with Gasteiger partial charge in [-0.05, 0) is 17.6 Å². The summed E-state index contributed by atoms with van der Waals surface area (Å²) < 4.78 is 22.8. The van der Waals surface area contributed by atoms with Crippen molar-refractivity contribution < 1.29 is 9.13 Å². The third-order valence-corrected chi connectivity index (χ3v) is 2.39. The molecule has 0 saturated heterocycles. The fourth-order valence-electron chi connectivity index (χ4n) is 1.03. The minimum absolute atomic E-state index is 0.270. The first-order valence-electron chi connectivity index (χ1n) is 3.39. The van der Waals surface area contributed by atoms with Gasteiger partial charge in [0.2, 0.25) is 0 Å². The highest BCUT2D eigenvalue weighted by Gasteiger charge is 2.05. The smallest absolute Gasteiger partial charge is 0.165 e. The molecule has 0 aliphatic rings. The summed E-state index contributed by atoms with van der Waals surface area (Å²) in [5.74, 6) is -0.0723. The van der Waals surface area contributed by atoms with Crippen LogP contribution in [0.3, 0.4) is 0 Å². The Kier molecular flexibility index (Phi) is 1.69. The Morgan fingerprint density at radius 1 is 1.50 bits per heavy atom. The molecule has 0 bridgehead atoms. The van der Waals surface area contributed by atoms with E-state index < -0.39 is 0 Å². The summed E-state index contributed by atoms with van der Waals surface area (Å²) in [6.45, 7) is 0. The maximum atomic E-state index is 13.0. The highest BCUT2D eigenvalue weighted by molar-refractivity contribution is 7.13. The number of benzene rings is 1. The lowest BCUT2D eigenvalue weighted by atomic mass is 10.2. The molecule has 0 spiro atoms. The van der Waals surface area contributed by atoms with Gasteiger partial charge < -0.3 is 4.74 Å². The number of methoxy groups -OCH3 is 1. The van der Waals surface area contributed by atoms with E-state index >= 15 is 0 Å². The number of hydrogen-bond donors (Lipinski definition) is 0. The zero-order valence-electron chi connectivity index (χ0n) is 6.37. The first-order chi connectivity index (χ1) is 5.81. The number of aromatic nitrogens is 1. The third-order valence-electron chi connectivity index (χ3n) is 1.63. The van der Waals surface area contributed by atoms with E-state index in [0.717, 1.165) is 10.1 Å². The molecule has 0 fully saturated rings. The lowest BCUT2D eigenvalue weighted by Crippen LogP contribution is -1.86. The maximum Gasteiger partial charge on any atom is 0.165 e. The van der Waals surface area contributed by atoms with Crippen LogP contribution in [-0.2, 0) is 0 Å². The fourth-order valence-corrected chi connectivity index (χ4v) is 1.68. The van der Waals surface area contributed by atoms with Gasteiger partial charge in [0.1, 0.15) is 0 Å². The van der Waals surface area contributed by atoms with Gasteiger partial charge in [0.15, 0.2) is 11.6 Å². The highest BCUT2D eigenvalue weighted by Crippen LogP contribution is 2.26. The van der Waals surface area contributed by atoms with Crippen LogP contribution in [0.25, 0.3) is 10.1 Å². The Labute approximate surface area is 72.8 Å². The first-order valence-corrected chi connectivity index (χ1v) is 4.16. The summed E-state index contributed by atoms with van der Waals surface area (Å²) >= 11 is 1.33. The Bertz CT molecular complexity index is 412. The van der Waals surface area contributed by atoms with Crippen molar-refractivity contribution in [3.05, 3.63) is 24.1 Å². The van der Waals surface area contributed by atoms with Gasteiger partial charge in [-0.3, -0.25) is 0 Å². The molecule has 1 aromatic heterocycles. The topological polar surface area (TPSA) is 22.1 Å². The van der Waals surface area contributed by atoms with Crippen LogP contribution in [0.1, 0.15) is 0 Å². The van der Waals surface area contributed by atoms with Gasteiger partial charge in [-0.1, -0.05) is 0 Å². The molecule has 0 atom stereocenters. The van der Waals surface area contributed by atoms with Crippen molar-refractivity contribution in [2.75, 3.05) is 7.11 Å². The van der Waals surface area contributed by atoms with Crippen molar-refractivity contribution in [3.63, 3.8) is 0 Å². The van der Waals surface area contributed by atoms with Crippen LogP contribution in [0.2, 0.25) is 0 Å². The summed E-state index contributed by atoms with van der Waals surface area (Å²) in [5.41, 5.74) is 0. The molecule has 2 aromatic rings. The van der Waals surface area contributed by atoms with Crippen LogP contribution in [0.5, 0.6) is 5.75 Å². The number of nitrogens with zero attached hydrogens (tertiary/aromatic N) is 1. The fraction of sp³-hybridized carbons (Fsp3) is 0.125. The number of halogens is 1. The lowest BCUT2D eigenvalue weighted by Gasteiger charge is -1.99. The molecule has 62 valence electrons. The molecular formula is C8H6FNOS. The van der Waals surface area contributed by atoms with Crippen LogP contribution in [0.4, 0.5) is 4.39 Å². The van der Waals surface area contributed by atoms with E-state index in [-0.39, 0.29) is 11.6 Å². The predicted molar refractivity (Wildman–Crippen MR) is 46.1 cm³/mol. The molecule has 2 rings (SSSR count). The molecule has 1 heterocycles. The average Bonchev–Trinajstić information content (AvgIpc) is 2.49. The third kappa shape index (κ3) is 1.04. The number of ether oxygens (including phenoxy) is 1. The van der Waals surface area contributed by atoms with Crippen molar-refractivity contribution in [1.29, 1.82) is 0 Å². The molecule has 0 aliphatic carbocycles. The van der Waals surface area contributed by atoms with Gasteiger partial charge in [0, 0.05) is 17.6 Å². The van der Waals surface area contributed by atoms with Gasteiger partial charge in [-0.2, -0.15) is 4.37 Å².